The lowest BCUT2D eigenvalue weighted by Crippen LogP contribution is -2.10. The standard InChI is InChI=1S/C22H26N4O/c1-15-7-5-10-20(17(15)3)25-21-13-16(2)24-22(26-21)23-12-11-18-8-6-9-19(14-18)27-4/h5-10,13-14H,11-12H2,1-4H3,(H2,23,24,25,26). The molecule has 1 heterocycles. The summed E-state index contributed by atoms with van der Waals surface area (Å²) in [5.41, 5.74) is 5.67. The third kappa shape index (κ3) is 4.97. The van der Waals surface area contributed by atoms with Crippen LogP contribution in [0.15, 0.2) is 48.5 Å². The quantitative estimate of drug-likeness (QED) is 0.632. The summed E-state index contributed by atoms with van der Waals surface area (Å²) in [6, 6.07) is 16.3. The van der Waals surface area contributed by atoms with E-state index in [0.717, 1.165) is 35.9 Å². The first-order valence-corrected chi connectivity index (χ1v) is 9.11. The summed E-state index contributed by atoms with van der Waals surface area (Å²) in [6.07, 6.45) is 0.869. The molecular formula is C22H26N4O. The minimum absolute atomic E-state index is 0.630. The molecular weight excluding hydrogens is 336 g/mol. The highest BCUT2D eigenvalue weighted by atomic mass is 16.5. The molecule has 3 rings (SSSR count). The number of ether oxygens (including phenoxy) is 1. The average molecular weight is 362 g/mol. The largest absolute Gasteiger partial charge is 0.497 e. The Labute approximate surface area is 160 Å². The van der Waals surface area contributed by atoms with Crippen molar-refractivity contribution in [2.24, 2.45) is 0 Å². The van der Waals surface area contributed by atoms with Gasteiger partial charge >= 0.3 is 0 Å². The van der Waals surface area contributed by atoms with Crippen molar-refractivity contribution in [2.75, 3.05) is 24.3 Å². The summed E-state index contributed by atoms with van der Waals surface area (Å²) >= 11 is 0. The smallest absolute Gasteiger partial charge is 0.224 e. The summed E-state index contributed by atoms with van der Waals surface area (Å²) in [4.78, 5) is 9.10. The van der Waals surface area contributed by atoms with Crippen molar-refractivity contribution in [2.45, 2.75) is 27.2 Å². The number of aryl methyl sites for hydroxylation is 2. The maximum absolute atomic E-state index is 5.27. The Balaban J connectivity index is 1.67. The van der Waals surface area contributed by atoms with Crippen LogP contribution in [0.1, 0.15) is 22.4 Å². The number of hydrogen-bond acceptors (Lipinski definition) is 5. The number of nitrogens with zero attached hydrogens (tertiary/aromatic N) is 2. The Bertz CT molecular complexity index is 924. The summed E-state index contributed by atoms with van der Waals surface area (Å²) < 4.78 is 5.27. The van der Waals surface area contributed by atoms with E-state index in [1.165, 1.54) is 16.7 Å². The summed E-state index contributed by atoms with van der Waals surface area (Å²) in [5.74, 6) is 2.30. The second kappa shape index (κ2) is 8.54. The molecule has 3 aromatic rings. The van der Waals surface area contributed by atoms with Crippen molar-refractivity contribution in [3.63, 3.8) is 0 Å². The van der Waals surface area contributed by atoms with Crippen LogP contribution in [-0.4, -0.2) is 23.6 Å². The van der Waals surface area contributed by atoms with Gasteiger partial charge in [0.15, 0.2) is 0 Å². The van der Waals surface area contributed by atoms with Gasteiger partial charge in [-0.05, 0) is 62.1 Å². The van der Waals surface area contributed by atoms with Gasteiger partial charge in [0.25, 0.3) is 0 Å². The molecule has 1 aromatic heterocycles. The zero-order valence-corrected chi connectivity index (χ0v) is 16.3. The van der Waals surface area contributed by atoms with E-state index in [1.807, 2.05) is 37.3 Å². The lowest BCUT2D eigenvalue weighted by Gasteiger charge is -2.13. The number of anilines is 3. The normalized spacial score (nSPS) is 10.5. The summed E-state index contributed by atoms with van der Waals surface area (Å²) in [6.45, 7) is 6.94. The molecule has 5 heteroatoms. The van der Waals surface area contributed by atoms with Gasteiger partial charge in [-0.25, -0.2) is 4.98 Å². The maximum Gasteiger partial charge on any atom is 0.224 e. The maximum atomic E-state index is 5.27. The second-order valence-corrected chi connectivity index (χ2v) is 6.62. The highest BCUT2D eigenvalue weighted by Gasteiger charge is 2.06. The van der Waals surface area contributed by atoms with Crippen molar-refractivity contribution in [3.05, 3.63) is 70.9 Å². The molecule has 0 unspecified atom stereocenters. The molecule has 0 saturated heterocycles. The van der Waals surface area contributed by atoms with E-state index in [1.54, 1.807) is 7.11 Å². The fourth-order valence-corrected chi connectivity index (χ4v) is 2.88. The second-order valence-electron chi connectivity index (χ2n) is 6.62. The average Bonchev–Trinajstić information content (AvgIpc) is 2.65. The molecule has 0 radical (unpaired) electrons. The van der Waals surface area contributed by atoms with Crippen LogP contribution in [0.3, 0.4) is 0 Å². The highest BCUT2D eigenvalue weighted by Crippen LogP contribution is 2.22. The van der Waals surface area contributed by atoms with E-state index in [4.69, 9.17) is 4.74 Å². The third-order valence-corrected chi connectivity index (χ3v) is 4.55. The van der Waals surface area contributed by atoms with Gasteiger partial charge in [-0.15, -0.1) is 0 Å². The van der Waals surface area contributed by atoms with Gasteiger partial charge in [0.2, 0.25) is 5.95 Å². The first-order valence-electron chi connectivity index (χ1n) is 9.11. The molecule has 0 aliphatic rings. The molecule has 0 saturated carbocycles. The molecule has 0 atom stereocenters. The molecule has 0 aliphatic carbocycles. The SMILES string of the molecule is COc1cccc(CCNc2nc(C)cc(Nc3cccc(C)c3C)n2)c1. The van der Waals surface area contributed by atoms with Crippen LogP contribution < -0.4 is 15.4 Å². The van der Waals surface area contributed by atoms with Crippen molar-refractivity contribution in [1.29, 1.82) is 0 Å². The monoisotopic (exact) mass is 362 g/mol. The Morgan fingerprint density at radius 2 is 1.78 bits per heavy atom. The predicted molar refractivity (Wildman–Crippen MR) is 111 cm³/mol. The molecule has 0 spiro atoms. The van der Waals surface area contributed by atoms with Crippen LogP contribution in [0.4, 0.5) is 17.5 Å². The number of hydrogen-bond donors (Lipinski definition) is 2. The molecule has 2 N–H and O–H groups in total. The first kappa shape index (κ1) is 18.7. The molecule has 5 nitrogen and oxygen atoms in total. The lowest BCUT2D eigenvalue weighted by molar-refractivity contribution is 0.414. The molecule has 140 valence electrons. The van der Waals surface area contributed by atoms with E-state index in [0.29, 0.717) is 5.95 Å². The zero-order valence-electron chi connectivity index (χ0n) is 16.3. The number of benzene rings is 2. The molecule has 27 heavy (non-hydrogen) atoms. The van der Waals surface area contributed by atoms with Crippen molar-refractivity contribution < 1.29 is 4.74 Å². The van der Waals surface area contributed by atoms with E-state index < -0.39 is 0 Å². The van der Waals surface area contributed by atoms with Gasteiger partial charge in [0.05, 0.1) is 7.11 Å². The first-order chi connectivity index (χ1) is 13.0. The van der Waals surface area contributed by atoms with E-state index in [9.17, 15) is 0 Å². The minimum Gasteiger partial charge on any atom is -0.497 e. The van der Waals surface area contributed by atoms with Crippen molar-refractivity contribution >= 4 is 17.5 Å². The lowest BCUT2D eigenvalue weighted by atomic mass is 10.1. The Morgan fingerprint density at radius 3 is 2.59 bits per heavy atom. The van der Waals surface area contributed by atoms with Gasteiger partial charge in [0.1, 0.15) is 11.6 Å². The Kier molecular flexibility index (Phi) is 5.91. The van der Waals surface area contributed by atoms with Gasteiger partial charge in [0, 0.05) is 24.0 Å². The van der Waals surface area contributed by atoms with Gasteiger partial charge < -0.3 is 15.4 Å². The van der Waals surface area contributed by atoms with Crippen molar-refractivity contribution in [3.8, 4) is 5.75 Å². The molecule has 0 bridgehead atoms. The highest BCUT2D eigenvalue weighted by molar-refractivity contribution is 5.62. The zero-order chi connectivity index (χ0) is 19.2. The summed E-state index contributed by atoms with van der Waals surface area (Å²) in [7, 11) is 1.68. The van der Waals surface area contributed by atoms with Crippen LogP contribution in [0.2, 0.25) is 0 Å². The summed E-state index contributed by atoms with van der Waals surface area (Å²) in [5, 5.41) is 6.73. The van der Waals surface area contributed by atoms with E-state index in [-0.39, 0.29) is 0 Å². The predicted octanol–water partition coefficient (Wildman–Crippen LogP) is 4.81. The van der Waals surface area contributed by atoms with Gasteiger partial charge in [-0.2, -0.15) is 4.98 Å². The minimum atomic E-state index is 0.630. The molecule has 0 amide bonds. The third-order valence-electron chi connectivity index (χ3n) is 4.55. The fraction of sp³-hybridized carbons (Fsp3) is 0.273. The van der Waals surface area contributed by atoms with Gasteiger partial charge in [-0.1, -0.05) is 24.3 Å². The van der Waals surface area contributed by atoms with Gasteiger partial charge in [-0.3, -0.25) is 0 Å². The van der Waals surface area contributed by atoms with Crippen LogP contribution in [0.5, 0.6) is 5.75 Å². The number of methoxy groups -OCH3 is 1. The Hall–Kier alpha value is -3.08. The Morgan fingerprint density at radius 1 is 0.963 bits per heavy atom. The molecule has 0 aliphatic heterocycles. The van der Waals surface area contributed by atoms with Crippen LogP contribution in [-0.2, 0) is 6.42 Å². The molecule has 2 aromatic carbocycles. The van der Waals surface area contributed by atoms with Crippen LogP contribution in [0, 0.1) is 20.8 Å². The topological polar surface area (TPSA) is 59.1 Å². The molecule has 0 fully saturated rings. The van der Waals surface area contributed by atoms with Crippen molar-refractivity contribution in [1.82, 2.24) is 9.97 Å². The van der Waals surface area contributed by atoms with Crippen LogP contribution in [0.25, 0.3) is 0 Å². The number of nitrogens with one attached hydrogen (secondary N) is 2. The number of rotatable bonds is 7. The van der Waals surface area contributed by atoms with E-state index >= 15 is 0 Å². The number of aromatic nitrogens is 2. The van der Waals surface area contributed by atoms with E-state index in [2.05, 4.69) is 52.6 Å². The fourth-order valence-electron chi connectivity index (χ4n) is 2.88. The van der Waals surface area contributed by atoms with Crippen LogP contribution >= 0.6 is 0 Å².